The van der Waals surface area contributed by atoms with Crippen molar-refractivity contribution in [3.63, 3.8) is 0 Å². The van der Waals surface area contributed by atoms with Crippen LogP contribution in [0.15, 0.2) is 22.0 Å². The number of hydrogen-bond donors (Lipinski definition) is 1. The lowest BCUT2D eigenvalue weighted by Gasteiger charge is -2.09. The average Bonchev–Trinajstić information content (AvgIpc) is 2.04. The predicted molar refractivity (Wildman–Crippen MR) is 49.7 cm³/mol. The van der Waals surface area contributed by atoms with Gasteiger partial charge in [-0.1, -0.05) is 12.2 Å². The first-order valence-electron chi connectivity index (χ1n) is 3.31. The second-order valence-corrected chi connectivity index (χ2v) is 3.95. The van der Waals surface area contributed by atoms with Crippen molar-refractivity contribution in [1.82, 2.24) is 0 Å². The van der Waals surface area contributed by atoms with Crippen LogP contribution in [0.4, 0.5) is 0 Å². The zero-order valence-corrected chi connectivity index (χ0v) is 7.87. The van der Waals surface area contributed by atoms with Crippen LogP contribution in [0.3, 0.4) is 0 Å². The molecule has 0 amide bonds. The Morgan fingerprint density at radius 2 is 2.18 bits per heavy atom. The lowest BCUT2D eigenvalue weighted by Crippen LogP contribution is -1.98. The highest BCUT2D eigenvalue weighted by atomic mass is 32.2. The van der Waals surface area contributed by atoms with Gasteiger partial charge in [0, 0.05) is 4.91 Å². The van der Waals surface area contributed by atoms with E-state index in [-0.39, 0.29) is 0 Å². The van der Waals surface area contributed by atoms with Crippen LogP contribution in [0.25, 0.3) is 0 Å². The van der Waals surface area contributed by atoms with E-state index in [1.54, 1.807) is 0 Å². The van der Waals surface area contributed by atoms with Crippen molar-refractivity contribution in [3.8, 4) is 0 Å². The van der Waals surface area contributed by atoms with Gasteiger partial charge >= 0.3 is 0 Å². The van der Waals surface area contributed by atoms with Crippen LogP contribution < -0.4 is 0 Å². The molecule has 11 heavy (non-hydrogen) atoms. The van der Waals surface area contributed by atoms with Crippen LogP contribution in [-0.2, 0) is 11.1 Å². The highest BCUT2D eigenvalue weighted by Crippen LogP contribution is 2.28. The Hall–Kier alpha value is -0.0600. The molecule has 0 fully saturated rings. The van der Waals surface area contributed by atoms with Crippen molar-refractivity contribution in [3.05, 3.63) is 22.0 Å². The molecule has 0 aromatic carbocycles. The molecule has 1 aliphatic carbocycles. The summed E-state index contributed by atoms with van der Waals surface area (Å²) in [7, 11) is 0. The number of rotatable bonds is 2. The van der Waals surface area contributed by atoms with E-state index < -0.39 is 11.1 Å². The van der Waals surface area contributed by atoms with Gasteiger partial charge in [-0.05, 0) is 19.1 Å². The molecule has 1 unspecified atom stereocenters. The Morgan fingerprint density at radius 3 is 2.64 bits per heavy atom. The molecule has 0 aliphatic heterocycles. The normalized spacial score (nSPS) is 20.5. The van der Waals surface area contributed by atoms with Crippen molar-refractivity contribution in [1.29, 1.82) is 0 Å². The van der Waals surface area contributed by atoms with Crippen LogP contribution in [0.1, 0.15) is 12.8 Å². The lowest BCUT2D eigenvalue weighted by molar-refractivity contribution is 0.571. The van der Waals surface area contributed by atoms with Crippen LogP contribution >= 0.6 is 11.8 Å². The SMILES string of the molecule is CSC1=CCCC=C1S(=O)O. The van der Waals surface area contributed by atoms with Gasteiger partial charge in [-0.15, -0.1) is 11.8 Å². The van der Waals surface area contributed by atoms with Gasteiger partial charge < -0.3 is 4.55 Å². The molecule has 1 atom stereocenters. The maximum Gasteiger partial charge on any atom is 0.187 e. The molecule has 4 heteroatoms. The zero-order chi connectivity index (χ0) is 8.27. The first-order valence-corrected chi connectivity index (χ1v) is 5.64. The lowest BCUT2D eigenvalue weighted by atomic mass is 10.2. The van der Waals surface area contributed by atoms with Crippen LogP contribution in [0.2, 0.25) is 0 Å². The summed E-state index contributed by atoms with van der Waals surface area (Å²) >= 11 is -0.288. The van der Waals surface area contributed by atoms with Crippen molar-refractivity contribution in [2.45, 2.75) is 12.8 Å². The third-order valence-corrected chi connectivity index (χ3v) is 3.20. The fourth-order valence-electron chi connectivity index (χ4n) is 0.971. The summed E-state index contributed by atoms with van der Waals surface area (Å²) in [6.45, 7) is 0. The smallest absolute Gasteiger partial charge is 0.187 e. The van der Waals surface area contributed by atoms with Gasteiger partial charge in [0.05, 0.1) is 4.91 Å². The molecule has 0 spiro atoms. The molecule has 0 saturated carbocycles. The molecule has 0 aromatic rings. The van der Waals surface area contributed by atoms with Gasteiger partial charge in [0.25, 0.3) is 0 Å². The van der Waals surface area contributed by atoms with Crippen LogP contribution in [0.5, 0.6) is 0 Å². The summed E-state index contributed by atoms with van der Waals surface area (Å²) in [6.07, 6.45) is 7.62. The first-order chi connectivity index (χ1) is 5.25. The number of thioether (sulfide) groups is 1. The molecule has 2 nitrogen and oxygen atoms in total. The fraction of sp³-hybridized carbons (Fsp3) is 0.429. The highest BCUT2D eigenvalue weighted by molar-refractivity contribution is 8.03. The number of hydrogen-bond acceptors (Lipinski definition) is 2. The van der Waals surface area contributed by atoms with Crippen molar-refractivity contribution in [2.24, 2.45) is 0 Å². The predicted octanol–water partition coefficient (Wildman–Crippen LogP) is 2.13. The minimum absolute atomic E-state index is 0.573. The van der Waals surface area contributed by atoms with Gasteiger partial charge in [-0.3, -0.25) is 0 Å². The molecular formula is C7H10O2S2. The van der Waals surface area contributed by atoms with E-state index >= 15 is 0 Å². The Bertz CT molecular complexity index is 231. The largest absolute Gasteiger partial charge is 0.302 e. The monoisotopic (exact) mass is 190 g/mol. The average molecular weight is 190 g/mol. The van der Waals surface area contributed by atoms with Gasteiger partial charge in [0.1, 0.15) is 0 Å². The molecule has 1 rings (SSSR count). The first kappa shape index (κ1) is 9.03. The summed E-state index contributed by atoms with van der Waals surface area (Å²) in [5.41, 5.74) is 0. The quantitative estimate of drug-likeness (QED) is 0.678. The maximum atomic E-state index is 10.7. The van der Waals surface area contributed by atoms with E-state index in [1.165, 1.54) is 11.8 Å². The fourth-order valence-corrected chi connectivity index (χ4v) is 2.52. The minimum atomic E-state index is -1.81. The Morgan fingerprint density at radius 1 is 1.55 bits per heavy atom. The molecule has 62 valence electrons. The van der Waals surface area contributed by atoms with E-state index in [4.69, 9.17) is 4.55 Å². The Balaban J connectivity index is 2.83. The summed E-state index contributed by atoms with van der Waals surface area (Å²) in [4.78, 5) is 1.51. The summed E-state index contributed by atoms with van der Waals surface area (Å²) in [5.74, 6) is 0. The topological polar surface area (TPSA) is 37.3 Å². The Kier molecular flexibility index (Phi) is 3.36. The van der Waals surface area contributed by atoms with E-state index in [2.05, 4.69) is 0 Å². The zero-order valence-electron chi connectivity index (χ0n) is 6.24. The molecule has 1 N–H and O–H groups in total. The highest BCUT2D eigenvalue weighted by Gasteiger charge is 2.12. The molecule has 0 saturated heterocycles. The molecule has 0 heterocycles. The molecular weight excluding hydrogens is 180 g/mol. The maximum absolute atomic E-state index is 10.7. The molecule has 1 aliphatic rings. The minimum Gasteiger partial charge on any atom is -0.302 e. The number of allylic oxidation sites excluding steroid dienone is 2. The van der Waals surface area contributed by atoms with Crippen LogP contribution in [0, 0.1) is 0 Å². The second kappa shape index (κ2) is 4.09. The van der Waals surface area contributed by atoms with E-state index in [0.717, 1.165) is 17.7 Å². The van der Waals surface area contributed by atoms with Gasteiger partial charge in [-0.2, -0.15) is 0 Å². The standard InChI is InChI=1S/C7H10O2S2/c1-10-6-4-2-3-5-7(6)11(8)9/h4-5H,2-3H2,1H3,(H,8,9). The molecule has 0 radical (unpaired) electrons. The van der Waals surface area contributed by atoms with E-state index in [0.29, 0.717) is 4.91 Å². The van der Waals surface area contributed by atoms with Gasteiger partial charge in [-0.25, -0.2) is 4.21 Å². The van der Waals surface area contributed by atoms with E-state index in [1.807, 2.05) is 18.4 Å². The summed E-state index contributed by atoms with van der Waals surface area (Å²) in [6, 6.07) is 0. The second-order valence-electron chi connectivity index (χ2n) is 2.17. The van der Waals surface area contributed by atoms with Gasteiger partial charge in [0.2, 0.25) is 0 Å². The van der Waals surface area contributed by atoms with Gasteiger partial charge in [0.15, 0.2) is 11.1 Å². The third kappa shape index (κ3) is 2.18. The Labute approximate surface area is 73.0 Å². The van der Waals surface area contributed by atoms with E-state index in [9.17, 15) is 4.21 Å². The van der Waals surface area contributed by atoms with Crippen molar-refractivity contribution >= 4 is 22.8 Å². The summed E-state index contributed by atoms with van der Waals surface area (Å²) < 4.78 is 19.5. The molecule has 0 bridgehead atoms. The third-order valence-electron chi connectivity index (χ3n) is 1.48. The van der Waals surface area contributed by atoms with Crippen molar-refractivity contribution < 1.29 is 8.76 Å². The molecule has 0 aromatic heterocycles. The summed E-state index contributed by atoms with van der Waals surface area (Å²) in [5, 5.41) is 0. The van der Waals surface area contributed by atoms with Crippen LogP contribution in [-0.4, -0.2) is 15.0 Å². The van der Waals surface area contributed by atoms with Crippen molar-refractivity contribution in [2.75, 3.05) is 6.26 Å².